The van der Waals surface area contributed by atoms with Gasteiger partial charge in [-0.3, -0.25) is 4.79 Å². The smallest absolute Gasteiger partial charge is 0.239 e. The first-order chi connectivity index (χ1) is 12.8. The monoisotopic (exact) mass is 358 g/mol. The highest BCUT2D eigenvalue weighted by Gasteiger charge is 2.05. The van der Waals surface area contributed by atoms with Gasteiger partial charge in [-0.2, -0.15) is 0 Å². The fourth-order valence-corrected chi connectivity index (χ4v) is 3.15. The molecule has 0 saturated heterocycles. The number of nitrogens with one attached hydrogen (secondary N) is 2. The average molecular weight is 359 g/mol. The van der Waals surface area contributed by atoms with E-state index in [0.29, 0.717) is 6.54 Å². The molecule has 1 aliphatic carbocycles. The van der Waals surface area contributed by atoms with Crippen molar-refractivity contribution in [2.24, 2.45) is 0 Å². The molecule has 1 amide bonds. The van der Waals surface area contributed by atoms with Gasteiger partial charge >= 0.3 is 0 Å². The van der Waals surface area contributed by atoms with Crippen LogP contribution in [0.4, 0.5) is 5.69 Å². The van der Waals surface area contributed by atoms with Gasteiger partial charge in [0.05, 0.1) is 13.2 Å². The van der Waals surface area contributed by atoms with Gasteiger partial charge in [0.1, 0.15) is 5.75 Å². The third kappa shape index (κ3) is 8.41. The lowest BCUT2D eigenvalue weighted by Crippen LogP contribution is -2.30. The maximum atomic E-state index is 12.0. The van der Waals surface area contributed by atoms with E-state index < -0.39 is 0 Å². The van der Waals surface area contributed by atoms with Crippen molar-refractivity contribution >= 4 is 11.6 Å². The third-order valence-electron chi connectivity index (χ3n) is 4.71. The van der Waals surface area contributed by atoms with Crippen molar-refractivity contribution in [2.45, 2.75) is 64.7 Å². The summed E-state index contributed by atoms with van der Waals surface area (Å²) in [5, 5.41) is 6.17. The molecule has 1 aromatic rings. The van der Waals surface area contributed by atoms with Crippen LogP contribution in [-0.4, -0.2) is 25.6 Å². The molecule has 0 bridgehead atoms. The number of hydrogen-bond donors (Lipinski definition) is 2. The first-order valence-corrected chi connectivity index (χ1v) is 10.2. The molecule has 4 nitrogen and oxygen atoms in total. The molecule has 0 radical (unpaired) electrons. The summed E-state index contributed by atoms with van der Waals surface area (Å²) < 4.78 is 5.79. The largest absolute Gasteiger partial charge is 0.494 e. The van der Waals surface area contributed by atoms with Crippen LogP contribution < -0.4 is 15.4 Å². The lowest BCUT2D eigenvalue weighted by Gasteiger charge is -2.13. The van der Waals surface area contributed by atoms with Crippen molar-refractivity contribution in [2.75, 3.05) is 25.0 Å². The topological polar surface area (TPSA) is 50.4 Å². The van der Waals surface area contributed by atoms with Crippen molar-refractivity contribution in [1.82, 2.24) is 5.32 Å². The number of unbranched alkanes of at least 4 members (excludes halogenated alkanes) is 3. The fraction of sp³-hybridized carbons (Fsp3) is 0.591. The van der Waals surface area contributed by atoms with E-state index in [-0.39, 0.29) is 5.91 Å². The summed E-state index contributed by atoms with van der Waals surface area (Å²) in [7, 11) is 0. The number of amides is 1. The molecule has 1 aromatic carbocycles. The molecular formula is C22H34N2O2. The van der Waals surface area contributed by atoms with Gasteiger partial charge in [0.15, 0.2) is 0 Å². The Kier molecular flexibility index (Phi) is 9.70. The molecule has 144 valence electrons. The average Bonchev–Trinajstić information content (AvgIpc) is 2.67. The Hall–Kier alpha value is -1.97. The molecule has 26 heavy (non-hydrogen) atoms. The van der Waals surface area contributed by atoms with E-state index in [0.717, 1.165) is 37.4 Å². The van der Waals surface area contributed by atoms with Gasteiger partial charge in [0, 0.05) is 18.3 Å². The Bertz CT molecular complexity index is 569. The maximum absolute atomic E-state index is 12.0. The Balaban J connectivity index is 1.62. The van der Waals surface area contributed by atoms with Crippen molar-refractivity contribution in [3.05, 3.63) is 35.9 Å². The van der Waals surface area contributed by atoms with Crippen molar-refractivity contribution in [3.63, 3.8) is 0 Å². The Morgan fingerprint density at radius 1 is 1.19 bits per heavy atom. The van der Waals surface area contributed by atoms with Crippen LogP contribution in [0.25, 0.3) is 0 Å². The quantitative estimate of drug-likeness (QED) is 0.405. The zero-order chi connectivity index (χ0) is 18.5. The van der Waals surface area contributed by atoms with E-state index in [1.54, 1.807) is 0 Å². The minimum atomic E-state index is 0.0345. The predicted octanol–water partition coefficient (Wildman–Crippen LogP) is 5.06. The van der Waals surface area contributed by atoms with Gasteiger partial charge in [-0.25, -0.2) is 0 Å². The van der Waals surface area contributed by atoms with Gasteiger partial charge < -0.3 is 15.4 Å². The van der Waals surface area contributed by atoms with E-state index in [1.165, 1.54) is 50.5 Å². The SMILES string of the molecule is CCCCCCOc1cccc(NCC(=O)NCCC2=CCCCC2)c1. The molecule has 0 atom stereocenters. The van der Waals surface area contributed by atoms with Crippen molar-refractivity contribution < 1.29 is 9.53 Å². The van der Waals surface area contributed by atoms with Crippen LogP contribution in [-0.2, 0) is 4.79 Å². The lowest BCUT2D eigenvalue weighted by molar-refractivity contribution is -0.119. The minimum Gasteiger partial charge on any atom is -0.494 e. The first-order valence-electron chi connectivity index (χ1n) is 10.2. The lowest BCUT2D eigenvalue weighted by atomic mass is 9.97. The second-order valence-corrected chi connectivity index (χ2v) is 7.00. The Labute approximate surface area is 158 Å². The Morgan fingerprint density at radius 2 is 2.12 bits per heavy atom. The van der Waals surface area contributed by atoms with E-state index in [4.69, 9.17) is 4.74 Å². The number of anilines is 1. The number of allylic oxidation sites excluding steroid dienone is 1. The molecular weight excluding hydrogens is 324 g/mol. The van der Waals surface area contributed by atoms with Crippen LogP contribution in [0, 0.1) is 0 Å². The second kappa shape index (κ2) is 12.4. The van der Waals surface area contributed by atoms with Crippen molar-refractivity contribution in [3.8, 4) is 5.75 Å². The third-order valence-corrected chi connectivity index (χ3v) is 4.71. The number of hydrogen-bond acceptors (Lipinski definition) is 3. The highest BCUT2D eigenvalue weighted by atomic mass is 16.5. The highest BCUT2D eigenvalue weighted by molar-refractivity contribution is 5.80. The first kappa shape index (κ1) is 20.3. The summed E-state index contributed by atoms with van der Waals surface area (Å²) in [6.45, 7) is 3.98. The summed E-state index contributed by atoms with van der Waals surface area (Å²) in [4.78, 5) is 12.0. The number of carbonyl (C=O) groups excluding carboxylic acids is 1. The summed E-state index contributed by atoms with van der Waals surface area (Å²) in [6.07, 6.45) is 13.1. The van der Waals surface area contributed by atoms with E-state index in [2.05, 4.69) is 23.6 Å². The Morgan fingerprint density at radius 3 is 2.92 bits per heavy atom. The predicted molar refractivity (Wildman–Crippen MR) is 109 cm³/mol. The molecule has 4 heteroatoms. The molecule has 0 spiro atoms. The molecule has 0 aromatic heterocycles. The molecule has 0 unspecified atom stereocenters. The van der Waals surface area contributed by atoms with Gasteiger partial charge in [-0.15, -0.1) is 0 Å². The molecule has 0 saturated carbocycles. The summed E-state index contributed by atoms with van der Waals surface area (Å²) in [5.41, 5.74) is 2.41. The van der Waals surface area contributed by atoms with Crippen LogP contribution in [0.1, 0.15) is 64.7 Å². The van der Waals surface area contributed by atoms with Gasteiger partial charge in [-0.05, 0) is 50.7 Å². The number of rotatable bonds is 12. The molecule has 0 heterocycles. The number of ether oxygens (including phenoxy) is 1. The molecule has 2 rings (SSSR count). The van der Waals surface area contributed by atoms with E-state index >= 15 is 0 Å². The minimum absolute atomic E-state index is 0.0345. The summed E-state index contributed by atoms with van der Waals surface area (Å²) in [5.74, 6) is 0.892. The zero-order valence-electron chi connectivity index (χ0n) is 16.2. The standard InChI is InChI=1S/C22H34N2O2/c1-2-3-4-8-16-26-21-13-9-12-20(17-21)24-18-22(25)23-15-14-19-10-6-5-7-11-19/h9-10,12-13,17,24H,2-8,11,14-16,18H2,1H3,(H,23,25). The fourth-order valence-electron chi connectivity index (χ4n) is 3.15. The van der Waals surface area contributed by atoms with Crippen LogP contribution in [0.15, 0.2) is 35.9 Å². The van der Waals surface area contributed by atoms with Crippen molar-refractivity contribution in [1.29, 1.82) is 0 Å². The maximum Gasteiger partial charge on any atom is 0.239 e. The molecule has 2 N–H and O–H groups in total. The van der Waals surface area contributed by atoms with E-state index in [1.807, 2.05) is 24.3 Å². The van der Waals surface area contributed by atoms with E-state index in [9.17, 15) is 4.79 Å². The van der Waals surface area contributed by atoms with Crippen LogP contribution >= 0.6 is 0 Å². The zero-order valence-corrected chi connectivity index (χ0v) is 16.2. The van der Waals surface area contributed by atoms with Crippen LogP contribution in [0.3, 0.4) is 0 Å². The van der Waals surface area contributed by atoms with Crippen LogP contribution in [0.5, 0.6) is 5.75 Å². The van der Waals surface area contributed by atoms with Crippen LogP contribution in [0.2, 0.25) is 0 Å². The number of benzene rings is 1. The van der Waals surface area contributed by atoms with Gasteiger partial charge in [-0.1, -0.05) is 43.9 Å². The number of carbonyl (C=O) groups is 1. The molecule has 0 fully saturated rings. The molecule has 1 aliphatic rings. The highest BCUT2D eigenvalue weighted by Crippen LogP contribution is 2.19. The summed E-state index contributed by atoms with van der Waals surface area (Å²) in [6, 6.07) is 7.84. The van der Waals surface area contributed by atoms with Gasteiger partial charge in [0.25, 0.3) is 0 Å². The van der Waals surface area contributed by atoms with Gasteiger partial charge in [0.2, 0.25) is 5.91 Å². The second-order valence-electron chi connectivity index (χ2n) is 7.00. The normalized spacial score (nSPS) is 13.8. The summed E-state index contributed by atoms with van der Waals surface area (Å²) >= 11 is 0. The molecule has 0 aliphatic heterocycles.